The van der Waals surface area contributed by atoms with Crippen LogP contribution in [0.5, 0.6) is 0 Å². The van der Waals surface area contributed by atoms with Crippen molar-refractivity contribution in [3.8, 4) is 0 Å². The van der Waals surface area contributed by atoms with Crippen LogP contribution < -0.4 is 11.5 Å². The highest BCUT2D eigenvalue weighted by molar-refractivity contribution is 5.81. The van der Waals surface area contributed by atoms with Gasteiger partial charge in [-0.2, -0.15) is 0 Å². The molecule has 0 bridgehead atoms. The number of Topliss-reactive ketones (excluding diaryl/α,β-unsaturated/α-hetero) is 1. The highest BCUT2D eigenvalue weighted by Gasteiger charge is 2.04. The summed E-state index contributed by atoms with van der Waals surface area (Å²) in [5.41, 5.74) is 9.72. The molecule has 0 radical (unpaired) electrons. The van der Waals surface area contributed by atoms with E-state index in [-0.39, 0.29) is 12.4 Å². The lowest BCUT2D eigenvalue weighted by Crippen LogP contribution is -2.28. The van der Waals surface area contributed by atoms with E-state index >= 15 is 0 Å². The molecule has 62 valence electrons. The minimum atomic E-state index is -0.472. The standard InChI is InChI=1S/C5H11NO2.CH5N/c1-4(8)5(6)2-3-7;1-2/h5,7H,2-3,6H2,1H3;2H2,1H3/t5-;/m1./s1. The van der Waals surface area contributed by atoms with Crippen LogP contribution in [0.3, 0.4) is 0 Å². The molecule has 0 aliphatic rings. The van der Waals surface area contributed by atoms with Crippen LogP contribution >= 0.6 is 0 Å². The van der Waals surface area contributed by atoms with Gasteiger partial charge in [-0.05, 0) is 20.4 Å². The average Bonchev–Trinajstić information content (AvgIpc) is 1.93. The van der Waals surface area contributed by atoms with Crippen molar-refractivity contribution >= 4 is 5.78 Å². The first-order chi connectivity index (χ1) is 4.68. The fourth-order valence-corrected chi connectivity index (χ4v) is 0.342. The molecule has 4 heteroatoms. The molecule has 0 aromatic rings. The molecule has 0 fully saturated rings. The van der Waals surface area contributed by atoms with Crippen LogP contribution in [0.15, 0.2) is 0 Å². The van der Waals surface area contributed by atoms with E-state index in [1.807, 2.05) is 0 Å². The Kier molecular flexibility index (Phi) is 10.5. The van der Waals surface area contributed by atoms with Gasteiger partial charge in [0, 0.05) is 6.61 Å². The van der Waals surface area contributed by atoms with E-state index in [1.165, 1.54) is 14.0 Å². The monoisotopic (exact) mass is 148 g/mol. The maximum atomic E-state index is 10.3. The molecule has 0 unspecified atom stereocenters. The maximum absolute atomic E-state index is 10.3. The van der Waals surface area contributed by atoms with Gasteiger partial charge in [0.15, 0.2) is 0 Å². The van der Waals surface area contributed by atoms with Gasteiger partial charge in [-0.3, -0.25) is 4.79 Å². The maximum Gasteiger partial charge on any atom is 0.146 e. The van der Waals surface area contributed by atoms with E-state index in [9.17, 15) is 4.79 Å². The summed E-state index contributed by atoms with van der Waals surface area (Å²) >= 11 is 0. The molecule has 0 heterocycles. The van der Waals surface area contributed by atoms with E-state index in [0.717, 1.165) is 0 Å². The van der Waals surface area contributed by atoms with Gasteiger partial charge in [0.05, 0.1) is 6.04 Å². The van der Waals surface area contributed by atoms with Crippen molar-refractivity contribution in [1.29, 1.82) is 0 Å². The number of rotatable bonds is 3. The van der Waals surface area contributed by atoms with Gasteiger partial charge >= 0.3 is 0 Å². The number of hydrogen-bond donors (Lipinski definition) is 3. The highest BCUT2D eigenvalue weighted by atomic mass is 16.3. The smallest absolute Gasteiger partial charge is 0.146 e. The summed E-state index contributed by atoms with van der Waals surface area (Å²) < 4.78 is 0. The molecule has 0 rings (SSSR count). The summed E-state index contributed by atoms with van der Waals surface area (Å²) in [6, 6.07) is -0.472. The van der Waals surface area contributed by atoms with E-state index in [2.05, 4.69) is 5.73 Å². The summed E-state index contributed by atoms with van der Waals surface area (Å²) in [7, 11) is 1.50. The third-order valence-electron chi connectivity index (χ3n) is 0.962. The number of carbonyl (C=O) groups is 1. The Morgan fingerprint density at radius 2 is 2.00 bits per heavy atom. The number of ketones is 1. The first-order valence-corrected chi connectivity index (χ1v) is 3.13. The zero-order valence-corrected chi connectivity index (χ0v) is 6.50. The lowest BCUT2D eigenvalue weighted by molar-refractivity contribution is -0.118. The topological polar surface area (TPSA) is 89.3 Å². The fourth-order valence-electron chi connectivity index (χ4n) is 0.342. The third-order valence-corrected chi connectivity index (χ3v) is 0.962. The van der Waals surface area contributed by atoms with Crippen molar-refractivity contribution in [3.05, 3.63) is 0 Å². The highest BCUT2D eigenvalue weighted by Crippen LogP contribution is 1.85. The predicted octanol–water partition coefficient (Wildman–Crippen LogP) is -1.14. The number of hydrogen-bond acceptors (Lipinski definition) is 4. The molecule has 4 nitrogen and oxygen atoms in total. The zero-order chi connectivity index (χ0) is 8.57. The van der Waals surface area contributed by atoms with Crippen LogP contribution in [-0.2, 0) is 4.79 Å². The zero-order valence-electron chi connectivity index (χ0n) is 6.50. The average molecular weight is 148 g/mol. The molecule has 0 aliphatic heterocycles. The van der Waals surface area contributed by atoms with Crippen molar-refractivity contribution < 1.29 is 9.90 Å². The van der Waals surface area contributed by atoms with Gasteiger partial charge in [-0.15, -0.1) is 0 Å². The van der Waals surface area contributed by atoms with E-state index in [4.69, 9.17) is 10.8 Å². The van der Waals surface area contributed by atoms with Crippen molar-refractivity contribution in [2.24, 2.45) is 11.5 Å². The molecule has 10 heavy (non-hydrogen) atoms. The van der Waals surface area contributed by atoms with Crippen LogP contribution in [0.25, 0.3) is 0 Å². The summed E-state index contributed by atoms with van der Waals surface area (Å²) in [4.78, 5) is 10.3. The molecule has 0 saturated carbocycles. The van der Waals surface area contributed by atoms with Gasteiger partial charge in [0.2, 0.25) is 0 Å². The van der Waals surface area contributed by atoms with Crippen LogP contribution in [0.4, 0.5) is 0 Å². The Bertz CT molecular complexity index is 85.8. The normalized spacial score (nSPS) is 11.3. The number of nitrogens with two attached hydrogens (primary N) is 2. The molecule has 5 N–H and O–H groups in total. The van der Waals surface area contributed by atoms with E-state index < -0.39 is 6.04 Å². The number of aliphatic hydroxyl groups excluding tert-OH is 1. The number of carbonyl (C=O) groups excluding carboxylic acids is 1. The van der Waals surface area contributed by atoms with Gasteiger partial charge in [-0.1, -0.05) is 0 Å². The Morgan fingerprint density at radius 1 is 1.60 bits per heavy atom. The molecule has 0 saturated heterocycles. The predicted molar refractivity (Wildman–Crippen MR) is 40.5 cm³/mol. The molecular weight excluding hydrogens is 132 g/mol. The van der Waals surface area contributed by atoms with Crippen LogP contribution in [0.2, 0.25) is 0 Å². The van der Waals surface area contributed by atoms with E-state index in [0.29, 0.717) is 6.42 Å². The lowest BCUT2D eigenvalue weighted by Gasteiger charge is -2.01. The summed E-state index contributed by atoms with van der Waals surface area (Å²) in [6.07, 6.45) is 0.370. The molecule has 0 spiro atoms. The van der Waals surface area contributed by atoms with Crippen molar-refractivity contribution in [2.75, 3.05) is 13.7 Å². The SMILES string of the molecule is CC(=O)[C@H](N)CCO.CN. The first kappa shape index (κ1) is 12.2. The second kappa shape index (κ2) is 8.55. The van der Waals surface area contributed by atoms with Crippen molar-refractivity contribution in [1.82, 2.24) is 0 Å². The Morgan fingerprint density at radius 3 is 2.10 bits per heavy atom. The van der Waals surface area contributed by atoms with Crippen molar-refractivity contribution in [2.45, 2.75) is 19.4 Å². The third kappa shape index (κ3) is 7.55. The summed E-state index contributed by atoms with van der Waals surface area (Å²) in [5, 5.41) is 8.25. The number of aliphatic hydroxyl groups is 1. The van der Waals surface area contributed by atoms with Gasteiger partial charge < -0.3 is 16.6 Å². The lowest BCUT2D eigenvalue weighted by atomic mass is 10.2. The fraction of sp³-hybridized carbons (Fsp3) is 0.833. The molecule has 0 aromatic heterocycles. The Hall–Kier alpha value is -0.450. The van der Waals surface area contributed by atoms with Gasteiger partial charge in [-0.25, -0.2) is 0 Å². The van der Waals surface area contributed by atoms with Crippen LogP contribution in [0, 0.1) is 0 Å². The molecule has 1 atom stereocenters. The van der Waals surface area contributed by atoms with Crippen LogP contribution in [-0.4, -0.2) is 30.6 Å². The largest absolute Gasteiger partial charge is 0.396 e. The first-order valence-electron chi connectivity index (χ1n) is 3.13. The second-order valence-corrected chi connectivity index (χ2v) is 1.73. The molecule has 0 aliphatic carbocycles. The minimum absolute atomic E-state index is 0.0131. The van der Waals surface area contributed by atoms with Crippen LogP contribution in [0.1, 0.15) is 13.3 Å². The van der Waals surface area contributed by atoms with Gasteiger partial charge in [0.25, 0.3) is 0 Å². The summed E-state index contributed by atoms with van der Waals surface area (Å²) in [5.74, 6) is -0.0703. The molecule has 0 amide bonds. The Balaban J connectivity index is 0. The van der Waals surface area contributed by atoms with E-state index in [1.54, 1.807) is 0 Å². The Labute approximate surface area is 61.2 Å². The minimum Gasteiger partial charge on any atom is -0.396 e. The summed E-state index contributed by atoms with van der Waals surface area (Å²) in [6.45, 7) is 1.40. The van der Waals surface area contributed by atoms with Crippen molar-refractivity contribution in [3.63, 3.8) is 0 Å². The molecule has 0 aromatic carbocycles. The second-order valence-electron chi connectivity index (χ2n) is 1.73. The molecular formula is C6H16N2O2. The quantitative estimate of drug-likeness (QED) is 0.472. The van der Waals surface area contributed by atoms with Gasteiger partial charge in [0.1, 0.15) is 5.78 Å².